The van der Waals surface area contributed by atoms with Gasteiger partial charge in [-0.1, -0.05) is 38.2 Å². The molecular weight excluding hydrogens is 305 g/mol. The molecule has 1 aliphatic carbocycles. The zero-order valence-electron chi connectivity index (χ0n) is 11.4. The summed E-state index contributed by atoms with van der Waals surface area (Å²) in [6, 6.07) is 5.36. The summed E-state index contributed by atoms with van der Waals surface area (Å²) in [6.45, 7) is 0.738. The minimum absolute atomic E-state index is 0.191. The topological polar surface area (TPSA) is 26.0 Å². The van der Waals surface area contributed by atoms with Gasteiger partial charge in [-0.2, -0.15) is 0 Å². The summed E-state index contributed by atoms with van der Waals surface area (Å²) >= 11 is 3.27. The van der Waals surface area contributed by atoms with Crippen molar-refractivity contribution in [1.29, 1.82) is 0 Å². The number of halogens is 2. The zero-order chi connectivity index (χ0) is 13.7. The second kappa shape index (κ2) is 6.85. The molecule has 1 aromatic rings. The van der Waals surface area contributed by atoms with E-state index in [-0.39, 0.29) is 11.2 Å². The lowest BCUT2D eigenvalue weighted by Gasteiger charge is -2.34. The van der Waals surface area contributed by atoms with Crippen molar-refractivity contribution in [3.63, 3.8) is 0 Å². The molecule has 0 heterocycles. The van der Waals surface area contributed by atoms with Crippen LogP contribution in [0, 0.1) is 11.2 Å². The SMILES string of the molecule is NCC1(Cc2ccc(F)c(Br)c2)CCCCCCC1. The van der Waals surface area contributed by atoms with E-state index in [4.69, 9.17) is 5.73 Å². The lowest BCUT2D eigenvalue weighted by Crippen LogP contribution is -2.33. The van der Waals surface area contributed by atoms with Gasteiger partial charge in [0.1, 0.15) is 5.82 Å². The van der Waals surface area contributed by atoms with Crippen LogP contribution in [0.3, 0.4) is 0 Å². The Balaban J connectivity index is 2.13. The van der Waals surface area contributed by atoms with Crippen LogP contribution >= 0.6 is 15.9 Å². The monoisotopic (exact) mass is 327 g/mol. The van der Waals surface area contributed by atoms with Crippen molar-refractivity contribution in [2.45, 2.75) is 51.4 Å². The van der Waals surface area contributed by atoms with Crippen LogP contribution < -0.4 is 5.73 Å². The van der Waals surface area contributed by atoms with E-state index in [0.29, 0.717) is 4.47 Å². The minimum Gasteiger partial charge on any atom is -0.330 e. The van der Waals surface area contributed by atoms with E-state index >= 15 is 0 Å². The van der Waals surface area contributed by atoms with Gasteiger partial charge in [-0.3, -0.25) is 0 Å². The molecule has 0 spiro atoms. The normalized spacial score (nSPS) is 19.7. The fourth-order valence-electron chi connectivity index (χ4n) is 3.19. The maximum atomic E-state index is 13.3. The molecule has 0 radical (unpaired) electrons. The van der Waals surface area contributed by atoms with E-state index in [0.717, 1.165) is 13.0 Å². The highest BCUT2D eigenvalue weighted by Crippen LogP contribution is 2.37. The molecule has 0 amide bonds. The first-order valence-electron chi connectivity index (χ1n) is 7.29. The Morgan fingerprint density at radius 2 is 1.74 bits per heavy atom. The van der Waals surface area contributed by atoms with Crippen molar-refractivity contribution >= 4 is 15.9 Å². The van der Waals surface area contributed by atoms with Crippen LogP contribution in [0.25, 0.3) is 0 Å². The molecule has 1 aliphatic rings. The van der Waals surface area contributed by atoms with Gasteiger partial charge < -0.3 is 5.73 Å². The van der Waals surface area contributed by atoms with E-state index in [9.17, 15) is 4.39 Å². The average Bonchev–Trinajstić information content (AvgIpc) is 2.37. The Labute approximate surface area is 123 Å². The number of benzene rings is 1. The second-order valence-corrected chi connectivity index (χ2v) is 6.75. The largest absolute Gasteiger partial charge is 0.330 e. The maximum absolute atomic E-state index is 13.3. The lowest BCUT2D eigenvalue weighted by atomic mass is 9.72. The average molecular weight is 328 g/mol. The van der Waals surface area contributed by atoms with Crippen molar-refractivity contribution in [3.8, 4) is 0 Å². The Hall–Kier alpha value is -0.410. The first kappa shape index (κ1) is 15.0. The minimum atomic E-state index is -0.191. The van der Waals surface area contributed by atoms with Crippen LogP contribution in [-0.4, -0.2) is 6.54 Å². The molecule has 1 nitrogen and oxygen atoms in total. The first-order valence-corrected chi connectivity index (χ1v) is 8.09. The molecule has 3 heteroatoms. The van der Waals surface area contributed by atoms with Gasteiger partial charge in [-0.15, -0.1) is 0 Å². The summed E-state index contributed by atoms with van der Waals surface area (Å²) in [5, 5.41) is 0. The highest BCUT2D eigenvalue weighted by atomic mass is 79.9. The molecule has 19 heavy (non-hydrogen) atoms. The van der Waals surface area contributed by atoms with Crippen LogP contribution in [-0.2, 0) is 6.42 Å². The van der Waals surface area contributed by atoms with Crippen molar-refractivity contribution < 1.29 is 4.39 Å². The van der Waals surface area contributed by atoms with Crippen LogP contribution in [0.1, 0.15) is 50.5 Å². The van der Waals surface area contributed by atoms with Crippen molar-refractivity contribution in [2.75, 3.05) is 6.54 Å². The Bertz CT molecular complexity index is 411. The maximum Gasteiger partial charge on any atom is 0.137 e. The third-order valence-corrected chi connectivity index (χ3v) is 5.02. The number of nitrogens with two attached hydrogens (primary N) is 1. The van der Waals surface area contributed by atoms with E-state index in [1.807, 2.05) is 12.1 Å². The van der Waals surface area contributed by atoms with Gasteiger partial charge in [-0.05, 0) is 64.8 Å². The Kier molecular flexibility index (Phi) is 5.40. The number of hydrogen-bond donors (Lipinski definition) is 1. The van der Waals surface area contributed by atoms with Crippen molar-refractivity contribution in [3.05, 3.63) is 34.1 Å². The standard InChI is InChI=1S/C16H23BrFN/c17-14-10-13(6-7-15(14)18)11-16(12-19)8-4-2-1-3-5-9-16/h6-7,10H,1-5,8-9,11-12,19H2. The molecule has 2 rings (SSSR count). The van der Waals surface area contributed by atoms with Gasteiger partial charge in [0.25, 0.3) is 0 Å². The zero-order valence-corrected chi connectivity index (χ0v) is 13.0. The lowest BCUT2D eigenvalue weighted by molar-refractivity contribution is 0.217. The molecule has 106 valence electrons. The number of rotatable bonds is 3. The fourth-order valence-corrected chi connectivity index (χ4v) is 3.62. The van der Waals surface area contributed by atoms with Gasteiger partial charge in [0.2, 0.25) is 0 Å². The van der Waals surface area contributed by atoms with Gasteiger partial charge in [0.05, 0.1) is 4.47 Å². The van der Waals surface area contributed by atoms with Gasteiger partial charge in [-0.25, -0.2) is 4.39 Å². The highest BCUT2D eigenvalue weighted by molar-refractivity contribution is 9.10. The van der Waals surface area contributed by atoms with Crippen LogP contribution in [0.5, 0.6) is 0 Å². The molecule has 2 N–H and O–H groups in total. The van der Waals surface area contributed by atoms with Gasteiger partial charge >= 0.3 is 0 Å². The van der Waals surface area contributed by atoms with Crippen molar-refractivity contribution in [1.82, 2.24) is 0 Å². The third-order valence-electron chi connectivity index (χ3n) is 4.41. The Morgan fingerprint density at radius 3 is 2.32 bits per heavy atom. The molecule has 1 fully saturated rings. The molecule has 0 aromatic heterocycles. The summed E-state index contributed by atoms with van der Waals surface area (Å²) in [5.74, 6) is -0.191. The summed E-state index contributed by atoms with van der Waals surface area (Å²) in [6.07, 6.45) is 9.96. The highest BCUT2D eigenvalue weighted by Gasteiger charge is 2.29. The molecule has 1 saturated carbocycles. The van der Waals surface area contributed by atoms with E-state index in [1.54, 1.807) is 6.07 Å². The molecule has 0 saturated heterocycles. The molecule has 0 unspecified atom stereocenters. The van der Waals surface area contributed by atoms with E-state index in [1.165, 1.54) is 50.5 Å². The molecular formula is C16H23BrFN. The Morgan fingerprint density at radius 1 is 1.11 bits per heavy atom. The van der Waals surface area contributed by atoms with Gasteiger partial charge in [0, 0.05) is 0 Å². The summed E-state index contributed by atoms with van der Waals surface area (Å²) in [7, 11) is 0. The smallest absolute Gasteiger partial charge is 0.137 e. The van der Waals surface area contributed by atoms with Crippen molar-refractivity contribution in [2.24, 2.45) is 11.1 Å². The predicted molar refractivity (Wildman–Crippen MR) is 81.6 cm³/mol. The first-order chi connectivity index (χ1) is 9.15. The third kappa shape index (κ3) is 4.03. The summed E-state index contributed by atoms with van der Waals surface area (Å²) < 4.78 is 13.9. The quantitative estimate of drug-likeness (QED) is 0.846. The van der Waals surface area contributed by atoms with E-state index in [2.05, 4.69) is 15.9 Å². The second-order valence-electron chi connectivity index (χ2n) is 5.90. The van der Waals surface area contributed by atoms with E-state index < -0.39 is 0 Å². The molecule has 0 atom stereocenters. The molecule has 0 bridgehead atoms. The molecule has 1 aromatic carbocycles. The fraction of sp³-hybridized carbons (Fsp3) is 0.625. The summed E-state index contributed by atoms with van der Waals surface area (Å²) in [5.41, 5.74) is 7.50. The van der Waals surface area contributed by atoms with Crippen LogP contribution in [0.15, 0.2) is 22.7 Å². The predicted octanol–water partition coefficient (Wildman–Crippen LogP) is 4.82. The summed E-state index contributed by atoms with van der Waals surface area (Å²) in [4.78, 5) is 0. The van der Waals surface area contributed by atoms with Gasteiger partial charge in [0.15, 0.2) is 0 Å². The molecule has 0 aliphatic heterocycles. The van der Waals surface area contributed by atoms with Crippen LogP contribution in [0.4, 0.5) is 4.39 Å². The number of hydrogen-bond acceptors (Lipinski definition) is 1. The van der Waals surface area contributed by atoms with Crippen LogP contribution in [0.2, 0.25) is 0 Å².